The summed E-state index contributed by atoms with van der Waals surface area (Å²) in [6, 6.07) is 6.21. The molecule has 1 atom stereocenters. The van der Waals surface area contributed by atoms with Gasteiger partial charge in [0.15, 0.2) is 0 Å². The molecule has 1 amide bonds. The van der Waals surface area contributed by atoms with Gasteiger partial charge in [-0.3, -0.25) is 4.79 Å². The van der Waals surface area contributed by atoms with E-state index in [0.29, 0.717) is 6.42 Å². The fourth-order valence-corrected chi connectivity index (χ4v) is 1.95. The summed E-state index contributed by atoms with van der Waals surface area (Å²) in [5, 5.41) is 3.39. The van der Waals surface area contributed by atoms with Crippen LogP contribution in [0.2, 0.25) is 0 Å². The lowest BCUT2D eigenvalue weighted by Gasteiger charge is -2.18. The molecule has 0 bridgehead atoms. The topological polar surface area (TPSA) is 32.3 Å². The van der Waals surface area contributed by atoms with Crippen molar-refractivity contribution in [1.29, 1.82) is 0 Å². The number of anilines is 2. The zero-order valence-electron chi connectivity index (χ0n) is 9.37. The molecule has 1 aliphatic heterocycles. The highest BCUT2D eigenvalue weighted by Crippen LogP contribution is 2.32. The van der Waals surface area contributed by atoms with Crippen molar-refractivity contribution in [1.82, 2.24) is 0 Å². The van der Waals surface area contributed by atoms with E-state index in [2.05, 4.69) is 18.3 Å². The molecule has 1 aromatic rings. The quantitative estimate of drug-likeness (QED) is 0.702. The highest BCUT2D eigenvalue weighted by molar-refractivity contribution is 5.98. The van der Waals surface area contributed by atoms with E-state index in [4.69, 9.17) is 0 Å². The van der Waals surface area contributed by atoms with Gasteiger partial charge in [0.1, 0.15) is 0 Å². The van der Waals surface area contributed by atoms with Crippen molar-refractivity contribution in [3.8, 4) is 0 Å². The van der Waals surface area contributed by atoms with E-state index in [1.54, 1.807) is 4.90 Å². The number of hydrogen-bond acceptors (Lipinski definition) is 2. The number of nitrogens with zero attached hydrogens (tertiary/aromatic N) is 1. The van der Waals surface area contributed by atoms with E-state index < -0.39 is 0 Å². The van der Waals surface area contributed by atoms with E-state index in [9.17, 15) is 4.79 Å². The van der Waals surface area contributed by atoms with Crippen molar-refractivity contribution in [3.63, 3.8) is 0 Å². The molecule has 1 N–H and O–H groups in total. The first-order valence-electron chi connectivity index (χ1n) is 5.22. The Morgan fingerprint density at radius 3 is 2.93 bits per heavy atom. The lowest BCUT2D eigenvalue weighted by Crippen LogP contribution is -2.27. The second-order valence-corrected chi connectivity index (χ2v) is 4.17. The molecule has 0 saturated carbocycles. The Morgan fingerprint density at radius 1 is 1.47 bits per heavy atom. The third kappa shape index (κ3) is 1.69. The lowest BCUT2D eigenvalue weighted by molar-refractivity contribution is -0.118. The van der Waals surface area contributed by atoms with Crippen molar-refractivity contribution >= 4 is 17.3 Å². The molecule has 0 radical (unpaired) electrons. The highest BCUT2D eigenvalue weighted by atomic mass is 16.2. The van der Waals surface area contributed by atoms with Crippen molar-refractivity contribution in [2.45, 2.75) is 26.3 Å². The summed E-state index contributed by atoms with van der Waals surface area (Å²) >= 11 is 0. The average molecular weight is 204 g/mol. The molecule has 2 rings (SSSR count). The van der Waals surface area contributed by atoms with Gasteiger partial charge in [-0.15, -0.1) is 0 Å². The maximum atomic E-state index is 11.8. The second kappa shape index (κ2) is 3.57. The first-order chi connectivity index (χ1) is 7.09. The zero-order chi connectivity index (χ0) is 11.0. The SMILES string of the molecule is Cc1cccc2c1NC(C)CC(=O)N2C. The number of benzene rings is 1. The summed E-state index contributed by atoms with van der Waals surface area (Å²) in [6.07, 6.45) is 0.546. The Morgan fingerprint density at radius 2 is 2.20 bits per heavy atom. The van der Waals surface area contributed by atoms with Gasteiger partial charge < -0.3 is 10.2 Å². The first-order valence-corrected chi connectivity index (χ1v) is 5.22. The van der Waals surface area contributed by atoms with Crippen LogP contribution in [0, 0.1) is 6.92 Å². The molecular formula is C12H16N2O. The molecule has 0 aromatic heterocycles. The second-order valence-electron chi connectivity index (χ2n) is 4.17. The molecule has 1 heterocycles. The number of amides is 1. The van der Waals surface area contributed by atoms with Crippen LogP contribution in [0.25, 0.3) is 0 Å². The largest absolute Gasteiger partial charge is 0.380 e. The van der Waals surface area contributed by atoms with Gasteiger partial charge in [-0.2, -0.15) is 0 Å². The van der Waals surface area contributed by atoms with Crippen LogP contribution in [-0.4, -0.2) is 19.0 Å². The third-order valence-corrected chi connectivity index (χ3v) is 2.86. The summed E-state index contributed by atoms with van der Waals surface area (Å²) in [5.74, 6) is 0.166. The Hall–Kier alpha value is -1.51. The number of para-hydroxylation sites is 1. The van der Waals surface area contributed by atoms with Crippen LogP contribution in [0.15, 0.2) is 18.2 Å². The molecule has 0 aliphatic carbocycles. The number of carbonyl (C=O) groups excluding carboxylic acids is 1. The van der Waals surface area contributed by atoms with E-state index in [0.717, 1.165) is 11.4 Å². The monoisotopic (exact) mass is 204 g/mol. The number of hydrogen-bond donors (Lipinski definition) is 1. The summed E-state index contributed by atoms with van der Waals surface area (Å²) in [5.41, 5.74) is 3.24. The number of nitrogens with one attached hydrogen (secondary N) is 1. The van der Waals surface area contributed by atoms with Gasteiger partial charge in [-0.05, 0) is 25.5 Å². The van der Waals surface area contributed by atoms with Gasteiger partial charge in [0, 0.05) is 19.5 Å². The molecule has 1 unspecified atom stereocenters. The number of fused-ring (bicyclic) bond motifs is 1. The molecule has 0 fully saturated rings. The van der Waals surface area contributed by atoms with Crippen molar-refractivity contribution < 1.29 is 4.79 Å². The molecule has 80 valence electrons. The predicted molar refractivity (Wildman–Crippen MR) is 62.3 cm³/mol. The van der Waals surface area contributed by atoms with Gasteiger partial charge in [-0.25, -0.2) is 0 Å². The molecular weight excluding hydrogens is 188 g/mol. The highest BCUT2D eigenvalue weighted by Gasteiger charge is 2.22. The van der Waals surface area contributed by atoms with Crippen LogP contribution in [0.1, 0.15) is 18.9 Å². The molecule has 3 heteroatoms. The van der Waals surface area contributed by atoms with Crippen LogP contribution in [-0.2, 0) is 4.79 Å². The fraction of sp³-hybridized carbons (Fsp3) is 0.417. The van der Waals surface area contributed by atoms with Crippen LogP contribution < -0.4 is 10.2 Å². The maximum absolute atomic E-state index is 11.8. The summed E-state index contributed by atoms with van der Waals surface area (Å²) in [4.78, 5) is 13.5. The van der Waals surface area contributed by atoms with E-state index >= 15 is 0 Å². The zero-order valence-corrected chi connectivity index (χ0v) is 9.37. The first kappa shape index (κ1) is 10.0. The van der Waals surface area contributed by atoms with Crippen LogP contribution in [0.4, 0.5) is 11.4 Å². The van der Waals surface area contributed by atoms with E-state index in [1.807, 2.05) is 26.1 Å². The van der Waals surface area contributed by atoms with E-state index in [-0.39, 0.29) is 11.9 Å². The minimum absolute atomic E-state index is 0.166. The normalized spacial score (nSPS) is 20.6. The van der Waals surface area contributed by atoms with Gasteiger partial charge in [0.25, 0.3) is 0 Å². The van der Waals surface area contributed by atoms with Crippen molar-refractivity contribution in [2.75, 3.05) is 17.3 Å². The van der Waals surface area contributed by atoms with Crippen LogP contribution in [0.5, 0.6) is 0 Å². The average Bonchev–Trinajstić information content (AvgIpc) is 2.29. The van der Waals surface area contributed by atoms with Gasteiger partial charge in [-0.1, -0.05) is 12.1 Å². The summed E-state index contributed by atoms with van der Waals surface area (Å²) in [6.45, 7) is 4.09. The Kier molecular flexibility index (Phi) is 2.39. The standard InChI is InChI=1S/C12H16N2O/c1-8-5-4-6-10-12(8)13-9(2)7-11(15)14(10)3/h4-6,9,13H,7H2,1-3H3. The van der Waals surface area contributed by atoms with Gasteiger partial charge in [0.05, 0.1) is 11.4 Å². The van der Waals surface area contributed by atoms with Gasteiger partial charge in [0.2, 0.25) is 5.91 Å². The van der Waals surface area contributed by atoms with Gasteiger partial charge >= 0.3 is 0 Å². The summed E-state index contributed by atoms with van der Waals surface area (Å²) in [7, 11) is 1.83. The molecule has 1 aliphatic rings. The predicted octanol–water partition coefficient (Wildman–Crippen LogP) is 2.16. The number of carbonyl (C=O) groups is 1. The van der Waals surface area contributed by atoms with Crippen molar-refractivity contribution in [3.05, 3.63) is 23.8 Å². The maximum Gasteiger partial charge on any atom is 0.228 e. The minimum Gasteiger partial charge on any atom is -0.380 e. The molecule has 0 saturated heterocycles. The third-order valence-electron chi connectivity index (χ3n) is 2.86. The Bertz CT molecular complexity index is 401. The Balaban J connectivity index is 2.54. The smallest absolute Gasteiger partial charge is 0.228 e. The molecule has 15 heavy (non-hydrogen) atoms. The van der Waals surface area contributed by atoms with Crippen LogP contribution >= 0.6 is 0 Å². The van der Waals surface area contributed by atoms with Crippen LogP contribution in [0.3, 0.4) is 0 Å². The van der Waals surface area contributed by atoms with E-state index in [1.165, 1.54) is 5.56 Å². The molecule has 3 nitrogen and oxygen atoms in total. The molecule has 0 spiro atoms. The summed E-state index contributed by atoms with van der Waals surface area (Å²) < 4.78 is 0. The number of rotatable bonds is 0. The lowest BCUT2D eigenvalue weighted by atomic mass is 10.1. The Labute approximate surface area is 90.1 Å². The minimum atomic E-state index is 0.166. The number of aryl methyl sites for hydroxylation is 1. The molecule has 1 aromatic carbocycles. The van der Waals surface area contributed by atoms with Crippen molar-refractivity contribution in [2.24, 2.45) is 0 Å². The fourth-order valence-electron chi connectivity index (χ4n) is 1.95.